The van der Waals surface area contributed by atoms with Crippen LogP contribution in [-0.4, -0.2) is 26.0 Å². The molecular weight excluding hydrogens is 361 g/mol. The van der Waals surface area contributed by atoms with E-state index in [2.05, 4.69) is 15.6 Å². The minimum absolute atomic E-state index is 0.0184. The number of benzene rings is 2. The van der Waals surface area contributed by atoms with Crippen molar-refractivity contribution in [2.24, 2.45) is 0 Å². The van der Waals surface area contributed by atoms with Gasteiger partial charge >= 0.3 is 6.18 Å². The second-order valence-electron chi connectivity index (χ2n) is 5.78. The number of amides is 1. The molecule has 9 heteroatoms. The van der Waals surface area contributed by atoms with Crippen LogP contribution in [-0.2, 0) is 12.7 Å². The average molecular weight is 376 g/mol. The number of anilines is 1. The van der Waals surface area contributed by atoms with Crippen molar-refractivity contribution in [2.75, 3.05) is 5.32 Å². The van der Waals surface area contributed by atoms with Crippen molar-refractivity contribution in [3.63, 3.8) is 0 Å². The van der Waals surface area contributed by atoms with E-state index < -0.39 is 23.8 Å². The van der Waals surface area contributed by atoms with Gasteiger partial charge in [0, 0.05) is 5.69 Å². The zero-order valence-corrected chi connectivity index (χ0v) is 13.9. The number of nitrogens with one attached hydrogen (secondary N) is 1. The Morgan fingerprint density at radius 2 is 1.78 bits per heavy atom. The summed E-state index contributed by atoms with van der Waals surface area (Å²) in [5, 5.41) is 20.1. The summed E-state index contributed by atoms with van der Waals surface area (Å²) in [6.07, 6.45) is -3.91. The molecule has 0 aliphatic rings. The first kappa shape index (κ1) is 18.6. The number of carbonyl (C=O) groups is 1. The number of aliphatic hydroxyl groups is 1. The van der Waals surface area contributed by atoms with Crippen LogP contribution in [0.25, 0.3) is 0 Å². The van der Waals surface area contributed by atoms with Crippen LogP contribution >= 0.6 is 0 Å². The van der Waals surface area contributed by atoms with Crippen LogP contribution in [0, 0.1) is 0 Å². The zero-order valence-electron chi connectivity index (χ0n) is 13.9. The quantitative estimate of drug-likeness (QED) is 0.716. The smallest absolute Gasteiger partial charge is 0.386 e. The first-order valence-electron chi connectivity index (χ1n) is 7.94. The maximum Gasteiger partial charge on any atom is 0.416 e. The molecule has 0 saturated carbocycles. The minimum atomic E-state index is -4.44. The summed E-state index contributed by atoms with van der Waals surface area (Å²) >= 11 is 0. The summed E-state index contributed by atoms with van der Waals surface area (Å²) in [6, 6.07) is 13.0. The molecule has 0 fully saturated rings. The van der Waals surface area contributed by atoms with Gasteiger partial charge in [-0.15, -0.1) is 5.10 Å². The third-order valence-corrected chi connectivity index (χ3v) is 3.79. The van der Waals surface area contributed by atoms with E-state index in [0.29, 0.717) is 5.56 Å². The maximum atomic E-state index is 12.5. The molecule has 6 nitrogen and oxygen atoms in total. The lowest BCUT2D eigenvalue weighted by atomic mass is 10.1. The Morgan fingerprint density at radius 1 is 1.11 bits per heavy atom. The van der Waals surface area contributed by atoms with Gasteiger partial charge in [-0.1, -0.05) is 35.5 Å². The largest absolute Gasteiger partial charge is 0.416 e. The van der Waals surface area contributed by atoms with Crippen molar-refractivity contribution in [3.05, 3.63) is 77.6 Å². The Morgan fingerprint density at radius 3 is 2.41 bits per heavy atom. The van der Waals surface area contributed by atoms with Crippen LogP contribution in [0.15, 0.2) is 60.8 Å². The first-order valence-corrected chi connectivity index (χ1v) is 7.94. The minimum Gasteiger partial charge on any atom is -0.386 e. The Bertz CT molecular complexity index is 908. The van der Waals surface area contributed by atoms with Crippen molar-refractivity contribution in [1.82, 2.24) is 15.0 Å². The van der Waals surface area contributed by atoms with E-state index in [0.717, 1.165) is 24.3 Å². The van der Waals surface area contributed by atoms with Crippen molar-refractivity contribution in [3.8, 4) is 0 Å². The summed E-state index contributed by atoms with van der Waals surface area (Å²) in [4.78, 5) is 12.2. The van der Waals surface area contributed by atoms with Gasteiger partial charge in [0.15, 0.2) is 5.69 Å². The highest BCUT2D eigenvalue weighted by atomic mass is 19.4. The molecule has 1 aromatic heterocycles. The lowest BCUT2D eigenvalue weighted by Gasteiger charge is -2.10. The Kier molecular flexibility index (Phi) is 5.22. The summed E-state index contributed by atoms with van der Waals surface area (Å²) in [5.74, 6) is -0.616. The number of hydrogen-bond acceptors (Lipinski definition) is 4. The topological polar surface area (TPSA) is 80.0 Å². The second kappa shape index (κ2) is 7.58. The Balaban J connectivity index is 1.63. The fraction of sp³-hybridized carbons (Fsp3) is 0.167. The van der Waals surface area contributed by atoms with Gasteiger partial charge in [-0.25, -0.2) is 4.68 Å². The van der Waals surface area contributed by atoms with Crippen molar-refractivity contribution in [1.29, 1.82) is 0 Å². The van der Waals surface area contributed by atoms with E-state index in [1.807, 2.05) is 6.07 Å². The molecule has 0 spiro atoms. The molecule has 2 N–H and O–H groups in total. The van der Waals surface area contributed by atoms with Gasteiger partial charge in [-0.2, -0.15) is 13.2 Å². The number of alkyl halides is 3. The molecule has 140 valence electrons. The summed E-state index contributed by atoms with van der Waals surface area (Å²) in [7, 11) is 0. The fourth-order valence-electron chi connectivity index (χ4n) is 2.39. The maximum absolute atomic E-state index is 12.5. The molecule has 27 heavy (non-hydrogen) atoms. The van der Waals surface area contributed by atoms with Gasteiger partial charge < -0.3 is 10.4 Å². The Labute approximate surface area is 152 Å². The van der Waals surface area contributed by atoms with Crippen LogP contribution in [0.2, 0.25) is 0 Å². The van der Waals surface area contributed by atoms with Gasteiger partial charge in [0.05, 0.1) is 24.4 Å². The van der Waals surface area contributed by atoms with Crippen LogP contribution < -0.4 is 5.32 Å². The molecule has 0 aliphatic carbocycles. The molecule has 0 bridgehead atoms. The standard InChI is InChI=1S/C18H15F3N4O2/c19-18(20,21)13-6-8-14(9-7-13)22-17(27)15-10-25(24-23-15)11-16(26)12-4-2-1-3-5-12/h1-10,16,26H,11H2,(H,22,27). The van der Waals surface area contributed by atoms with E-state index in [4.69, 9.17) is 0 Å². The fourth-order valence-corrected chi connectivity index (χ4v) is 2.39. The molecule has 1 amide bonds. The number of hydrogen-bond donors (Lipinski definition) is 2. The van der Waals surface area contributed by atoms with Gasteiger partial charge in [-0.05, 0) is 29.8 Å². The molecule has 1 atom stereocenters. The van der Waals surface area contributed by atoms with E-state index in [-0.39, 0.29) is 17.9 Å². The number of carbonyl (C=O) groups excluding carboxylic acids is 1. The number of nitrogens with zero attached hydrogens (tertiary/aromatic N) is 3. The molecule has 0 aliphatic heterocycles. The summed E-state index contributed by atoms with van der Waals surface area (Å²) in [6.45, 7) is 0.102. The van der Waals surface area contributed by atoms with E-state index >= 15 is 0 Å². The second-order valence-corrected chi connectivity index (χ2v) is 5.78. The first-order chi connectivity index (χ1) is 12.8. The zero-order chi connectivity index (χ0) is 19.4. The Hall–Kier alpha value is -3.20. The van der Waals surface area contributed by atoms with Gasteiger partial charge in [0.1, 0.15) is 0 Å². The molecule has 0 radical (unpaired) electrons. The average Bonchev–Trinajstić information content (AvgIpc) is 3.11. The van der Waals surface area contributed by atoms with Crippen molar-refractivity contribution < 1.29 is 23.1 Å². The lowest BCUT2D eigenvalue weighted by molar-refractivity contribution is -0.137. The van der Waals surface area contributed by atoms with E-state index in [1.165, 1.54) is 10.9 Å². The molecule has 0 saturated heterocycles. The SMILES string of the molecule is O=C(Nc1ccc(C(F)(F)F)cc1)c1cn(CC(O)c2ccccc2)nn1. The van der Waals surface area contributed by atoms with Gasteiger partial charge in [0.25, 0.3) is 5.91 Å². The van der Waals surface area contributed by atoms with Crippen LogP contribution in [0.3, 0.4) is 0 Å². The number of aliphatic hydroxyl groups excluding tert-OH is 1. The third-order valence-electron chi connectivity index (χ3n) is 3.79. The van der Waals surface area contributed by atoms with Gasteiger partial charge in [0.2, 0.25) is 0 Å². The molecule has 3 rings (SSSR count). The van der Waals surface area contributed by atoms with E-state index in [9.17, 15) is 23.1 Å². The third kappa shape index (κ3) is 4.70. The highest BCUT2D eigenvalue weighted by molar-refractivity contribution is 6.02. The normalized spacial score (nSPS) is 12.6. The van der Waals surface area contributed by atoms with Crippen molar-refractivity contribution in [2.45, 2.75) is 18.8 Å². The molecule has 2 aromatic carbocycles. The number of aromatic nitrogens is 3. The monoisotopic (exact) mass is 376 g/mol. The van der Waals surface area contributed by atoms with Crippen LogP contribution in [0.4, 0.5) is 18.9 Å². The van der Waals surface area contributed by atoms with Crippen molar-refractivity contribution >= 4 is 11.6 Å². The highest BCUT2D eigenvalue weighted by Crippen LogP contribution is 2.29. The van der Waals surface area contributed by atoms with Crippen LogP contribution in [0.5, 0.6) is 0 Å². The van der Waals surface area contributed by atoms with E-state index in [1.54, 1.807) is 24.3 Å². The summed E-state index contributed by atoms with van der Waals surface area (Å²) < 4.78 is 39.0. The predicted octanol–water partition coefficient (Wildman–Crippen LogP) is 3.28. The summed E-state index contributed by atoms with van der Waals surface area (Å²) in [5.41, 5.74) is 0.0760. The number of rotatable bonds is 5. The van der Waals surface area contributed by atoms with Crippen LogP contribution in [0.1, 0.15) is 27.7 Å². The molecule has 3 aromatic rings. The highest BCUT2D eigenvalue weighted by Gasteiger charge is 2.30. The van der Waals surface area contributed by atoms with Gasteiger partial charge in [-0.3, -0.25) is 4.79 Å². The molecule has 1 unspecified atom stereocenters. The molecular formula is C18H15F3N4O2. The molecule has 1 heterocycles. The predicted molar refractivity (Wildman–Crippen MR) is 90.8 cm³/mol. The number of halogens is 3. The lowest BCUT2D eigenvalue weighted by Crippen LogP contribution is -2.13.